The zero-order valence-corrected chi connectivity index (χ0v) is 15.0. The Balaban J connectivity index is 1.85. The molecule has 1 atom stereocenters. The van der Waals surface area contributed by atoms with E-state index in [-0.39, 0.29) is 12.5 Å². The maximum atomic E-state index is 12.9. The lowest BCUT2D eigenvalue weighted by atomic mass is 10.0. The Bertz CT molecular complexity index is 759. The molecule has 6 heteroatoms. The third-order valence-electron chi connectivity index (χ3n) is 3.68. The van der Waals surface area contributed by atoms with E-state index in [9.17, 15) is 14.0 Å². The molecule has 2 aromatic carbocycles. The van der Waals surface area contributed by atoms with E-state index in [4.69, 9.17) is 9.47 Å². The van der Waals surface area contributed by atoms with Crippen LogP contribution in [0.25, 0.3) is 0 Å². The van der Waals surface area contributed by atoms with Crippen LogP contribution in [0.5, 0.6) is 5.75 Å². The number of esters is 1. The van der Waals surface area contributed by atoms with Crippen LogP contribution in [-0.4, -0.2) is 24.6 Å². The van der Waals surface area contributed by atoms with Crippen LogP contribution in [0.3, 0.4) is 0 Å². The van der Waals surface area contributed by atoms with Gasteiger partial charge in [0, 0.05) is 5.69 Å². The minimum absolute atomic E-state index is 0.252. The number of hydrogen-bond acceptors (Lipinski definition) is 4. The van der Waals surface area contributed by atoms with Gasteiger partial charge in [-0.1, -0.05) is 32.0 Å². The molecule has 0 saturated heterocycles. The maximum absolute atomic E-state index is 12.9. The first-order valence-electron chi connectivity index (χ1n) is 8.34. The van der Waals surface area contributed by atoms with Crippen LogP contribution in [0.1, 0.15) is 32.3 Å². The minimum Gasteiger partial charge on any atom is -0.482 e. The van der Waals surface area contributed by atoms with Crippen molar-refractivity contribution >= 4 is 17.6 Å². The molecule has 0 unspecified atom stereocenters. The Kier molecular flexibility index (Phi) is 6.72. The monoisotopic (exact) mass is 359 g/mol. The number of nitrogens with one attached hydrogen (secondary N) is 1. The second kappa shape index (κ2) is 8.99. The fourth-order valence-electron chi connectivity index (χ4n) is 2.29. The van der Waals surface area contributed by atoms with E-state index < -0.39 is 23.8 Å². The van der Waals surface area contributed by atoms with Crippen LogP contribution < -0.4 is 10.1 Å². The molecular formula is C20H22FNO4. The van der Waals surface area contributed by atoms with Crippen LogP contribution in [0, 0.1) is 5.82 Å². The summed E-state index contributed by atoms with van der Waals surface area (Å²) in [6.07, 6.45) is -1.00. The third-order valence-corrected chi connectivity index (χ3v) is 3.68. The smallest absolute Gasteiger partial charge is 0.344 e. The second-order valence-corrected chi connectivity index (χ2v) is 6.11. The first kappa shape index (κ1) is 19.4. The van der Waals surface area contributed by atoms with Crippen molar-refractivity contribution in [3.8, 4) is 5.75 Å². The molecule has 0 fully saturated rings. The molecule has 0 aliphatic carbocycles. The van der Waals surface area contributed by atoms with E-state index in [0.29, 0.717) is 11.4 Å². The quantitative estimate of drug-likeness (QED) is 0.762. The first-order valence-corrected chi connectivity index (χ1v) is 8.34. The summed E-state index contributed by atoms with van der Waals surface area (Å²) in [7, 11) is 0. The number of para-hydroxylation sites is 1. The SMILES string of the molecule is CC(C)c1ccccc1OCC(=O)O[C@@H](C)C(=O)Nc1ccc(F)cc1. The molecule has 26 heavy (non-hydrogen) atoms. The molecule has 2 aromatic rings. The number of ether oxygens (including phenoxy) is 2. The summed E-state index contributed by atoms with van der Waals surface area (Å²) in [5, 5.41) is 2.55. The fraction of sp³-hybridized carbons (Fsp3) is 0.300. The van der Waals surface area contributed by atoms with E-state index in [1.54, 1.807) is 6.07 Å². The Morgan fingerprint density at radius 2 is 1.69 bits per heavy atom. The lowest BCUT2D eigenvalue weighted by Crippen LogP contribution is -2.31. The van der Waals surface area contributed by atoms with Crippen LogP contribution in [0.15, 0.2) is 48.5 Å². The number of anilines is 1. The summed E-state index contributed by atoms with van der Waals surface area (Å²) < 4.78 is 23.5. The van der Waals surface area contributed by atoms with Gasteiger partial charge in [-0.2, -0.15) is 0 Å². The molecule has 0 heterocycles. The number of hydrogen-bond donors (Lipinski definition) is 1. The van der Waals surface area contributed by atoms with Crippen molar-refractivity contribution < 1.29 is 23.5 Å². The first-order chi connectivity index (χ1) is 12.4. The van der Waals surface area contributed by atoms with Crippen LogP contribution in [-0.2, 0) is 14.3 Å². The molecule has 1 amide bonds. The molecule has 138 valence electrons. The number of rotatable bonds is 7. The predicted octanol–water partition coefficient (Wildman–Crippen LogP) is 3.90. The summed E-state index contributed by atoms with van der Waals surface area (Å²) in [6, 6.07) is 12.8. The zero-order valence-electron chi connectivity index (χ0n) is 15.0. The molecule has 0 spiro atoms. The summed E-state index contributed by atoms with van der Waals surface area (Å²) in [5.74, 6) is -0.690. The van der Waals surface area contributed by atoms with E-state index in [1.165, 1.54) is 31.2 Å². The van der Waals surface area contributed by atoms with Crippen LogP contribution in [0.2, 0.25) is 0 Å². The predicted molar refractivity (Wildman–Crippen MR) is 96.6 cm³/mol. The van der Waals surface area contributed by atoms with E-state index in [2.05, 4.69) is 5.32 Å². The van der Waals surface area contributed by atoms with Crippen molar-refractivity contribution in [2.45, 2.75) is 32.8 Å². The van der Waals surface area contributed by atoms with Crippen molar-refractivity contribution in [2.24, 2.45) is 0 Å². The van der Waals surface area contributed by atoms with Gasteiger partial charge in [0.1, 0.15) is 11.6 Å². The molecule has 2 rings (SSSR count). The van der Waals surface area contributed by atoms with Gasteiger partial charge in [0.05, 0.1) is 0 Å². The largest absolute Gasteiger partial charge is 0.482 e. The number of halogens is 1. The second-order valence-electron chi connectivity index (χ2n) is 6.11. The Morgan fingerprint density at radius 1 is 1.04 bits per heavy atom. The molecule has 0 saturated carbocycles. The Morgan fingerprint density at radius 3 is 2.35 bits per heavy atom. The highest BCUT2D eigenvalue weighted by Crippen LogP contribution is 2.25. The zero-order chi connectivity index (χ0) is 19.1. The van der Waals surface area contributed by atoms with Gasteiger partial charge in [-0.05, 0) is 48.7 Å². The van der Waals surface area contributed by atoms with Gasteiger partial charge in [-0.3, -0.25) is 4.79 Å². The van der Waals surface area contributed by atoms with Crippen LogP contribution in [0.4, 0.5) is 10.1 Å². The molecule has 5 nitrogen and oxygen atoms in total. The number of amides is 1. The van der Waals surface area contributed by atoms with Crippen molar-refractivity contribution in [3.05, 3.63) is 59.9 Å². The molecular weight excluding hydrogens is 337 g/mol. The topological polar surface area (TPSA) is 64.6 Å². The maximum Gasteiger partial charge on any atom is 0.344 e. The Hall–Kier alpha value is -2.89. The number of benzene rings is 2. The van der Waals surface area contributed by atoms with Crippen molar-refractivity contribution in [1.29, 1.82) is 0 Å². The lowest BCUT2D eigenvalue weighted by Gasteiger charge is -2.16. The summed E-state index contributed by atoms with van der Waals surface area (Å²) >= 11 is 0. The van der Waals surface area contributed by atoms with Gasteiger partial charge in [-0.25, -0.2) is 9.18 Å². The molecule has 0 aromatic heterocycles. The summed E-state index contributed by atoms with van der Waals surface area (Å²) in [6.45, 7) is 5.22. The summed E-state index contributed by atoms with van der Waals surface area (Å²) in [4.78, 5) is 24.0. The van der Waals surface area contributed by atoms with Crippen molar-refractivity contribution in [1.82, 2.24) is 0 Å². The lowest BCUT2D eigenvalue weighted by molar-refractivity contribution is -0.155. The minimum atomic E-state index is -1.00. The van der Waals surface area contributed by atoms with Crippen molar-refractivity contribution in [3.63, 3.8) is 0 Å². The Labute approximate surface area is 152 Å². The molecule has 0 aliphatic rings. The van der Waals surface area contributed by atoms with Gasteiger partial charge in [0.2, 0.25) is 0 Å². The number of carbonyl (C=O) groups excluding carboxylic acids is 2. The van der Waals surface area contributed by atoms with Crippen molar-refractivity contribution in [2.75, 3.05) is 11.9 Å². The third kappa shape index (κ3) is 5.58. The van der Waals surface area contributed by atoms with Gasteiger partial charge < -0.3 is 14.8 Å². The van der Waals surface area contributed by atoms with E-state index in [0.717, 1.165) is 5.56 Å². The van der Waals surface area contributed by atoms with Crippen LogP contribution >= 0.6 is 0 Å². The fourth-order valence-corrected chi connectivity index (χ4v) is 2.29. The molecule has 0 aliphatic heterocycles. The normalized spacial score (nSPS) is 11.7. The highest BCUT2D eigenvalue weighted by molar-refractivity contribution is 5.95. The van der Waals surface area contributed by atoms with E-state index >= 15 is 0 Å². The van der Waals surface area contributed by atoms with Gasteiger partial charge in [-0.15, -0.1) is 0 Å². The van der Waals surface area contributed by atoms with Gasteiger partial charge >= 0.3 is 5.97 Å². The highest BCUT2D eigenvalue weighted by atomic mass is 19.1. The number of carbonyl (C=O) groups is 2. The highest BCUT2D eigenvalue weighted by Gasteiger charge is 2.19. The molecule has 0 radical (unpaired) electrons. The molecule has 1 N–H and O–H groups in total. The van der Waals surface area contributed by atoms with Gasteiger partial charge in [0.25, 0.3) is 5.91 Å². The van der Waals surface area contributed by atoms with E-state index in [1.807, 2.05) is 32.0 Å². The summed E-state index contributed by atoms with van der Waals surface area (Å²) in [5.41, 5.74) is 1.41. The average molecular weight is 359 g/mol. The standard InChI is InChI=1S/C20H22FNO4/c1-13(2)17-6-4-5-7-18(17)25-12-19(23)26-14(3)20(24)22-16-10-8-15(21)9-11-16/h4-11,13-14H,12H2,1-3H3,(H,22,24)/t14-/m0/s1. The average Bonchev–Trinajstić information content (AvgIpc) is 2.62. The molecule has 0 bridgehead atoms. The van der Waals surface area contributed by atoms with Gasteiger partial charge in [0.15, 0.2) is 12.7 Å².